The first-order valence-electron chi connectivity index (χ1n) is 7.43. The lowest BCUT2D eigenvalue weighted by atomic mass is 10.1. The molecule has 0 saturated heterocycles. The van der Waals surface area contributed by atoms with Crippen LogP contribution in [0.4, 0.5) is 0 Å². The van der Waals surface area contributed by atoms with Crippen molar-refractivity contribution in [1.82, 2.24) is 5.32 Å². The third-order valence-electron chi connectivity index (χ3n) is 3.21. The van der Waals surface area contributed by atoms with Crippen LogP contribution in [-0.4, -0.2) is 25.1 Å². The van der Waals surface area contributed by atoms with Gasteiger partial charge in [-0.3, -0.25) is 4.79 Å². The Balaban J connectivity index is 1.69. The van der Waals surface area contributed by atoms with E-state index < -0.39 is 5.97 Å². The van der Waals surface area contributed by atoms with Crippen molar-refractivity contribution in [3.05, 3.63) is 65.2 Å². The molecular formula is C18H18ClNO4. The van der Waals surface area contributed by atoms with Gasteiger partial charge in [-0.1, -0.05) is 41.9 Å². The standard InChI is InChI=1S/C18H18ClNO4/c1-13(14-5-3-2-4-6-14)20-17(21)11-24-18(22)12-23-16-9-7-15(19)8-10-16/h2-10,13H,11-12H2,1H3,(H,20,21)/t13-/m0/s1. The van der Waals surface area contributed by atoms with Gasteiger partial charge in [-0.2, -0.15) is 0 Å². The summed E-state index contributed by atoms with van der Waals surface area (Å²) in [6.45, 7) is 1.24. The first-order chi connectivity index (χ1) is 11.5. The van der Waals surface area contributed by atoms with Crippen LogP contribution in [0.3, 0.4) is 0 Å². The van der Waals surface area contributed by atoms with Crippen molar-refractivity contribution in [2.24, 2.45) is 0 Å². The number of nitrogens with one attached hydrogen (secondary N) is 1. The molecular weight excluding hydrogens is 330 g/mol. The molecule has 1 atom stereocenters. The number of benzene rings is 2. The molecule has 0 aliphatic heterocycles. The Kier molecular flexibility index (Phi) is 6.63. The van der Waals surface area contributed by atoms with Crippen molar-refractivity contribution in [3.8, 4) is 5.75 Å². The molecule has 0 aromatic heterocycles. The van der Waals surface area contributed by atoms with Crippen LogP contribution in [0.15, 0.2) is 54.6 Å². The van der Waals surface area contributed by atoms with Crippen molar-refractivity contribution < 1.29 is 19.1 Å². The lowest BCUT2D eigenvalue weighted by molar-refractivity contribution is -0.150. The second-order valence-electron chi connectivity index (χ2n) is 5.10. The molecule has 126 valence electrons. The van der Waals surface area contributed by atoms with E-state index in [0.29, 0.717) is 10.8 Å². The highest BCUT2D eigenvalue weighted by Crippen LogP contribution is 2.15. The molecule has 2 aromatic rings. The highest BCUT2D eigenvalue weighted by molar-refractivity contribution is 6.30. The molecule has 0 aliphatic rings. The molecule has 0 aliphatic carbocycles. The van der Waals surface area contributed by atoms with E-state index in [-0.39, 0.29) is 25.2 Å². The van der Waals surface area contributed by atoms with Crippen LogP contribution in [-0.2, 0) is 14.3 Å². The van der Waals surface area contributed by atoms with Crippen molar-refractivity contribution in [2.45, 2.75) is 13.0 Å². The minimum absolute atomic E-state index is 0.164. The topological polar surface area (TPSA) is 64.6 Å². The molecule has 0 spiro atoms. The Bertz CT molecular complexity index is 673. The van der Waals surface area contributed by atoms with Crippen molar-refractivity contribution in [1.29, 1.82) is 0 Å². The monoisotopic (exact) mass is 347 g/mol. The van der Waals surface area contributed by atoms with E-state index in [1.54, 1.807) is 24.3 Å². The van der Waals surface area contributed by atoms with Crippen LogP contribution in [0.5, 0.6) is 5.75 Å². The molecule has 5 nitrogen and oxygen atoms in total. The lowest BCUT2D eigenvalue weighted by Crippen LogP contribution is -2.31. The maximum absolute atomic E-state index is 11.8. The van der Waals surface area contributed by atoms with Crippen molar-refractivity contribution >= 4 is 23.5 Å². The molecule has 0 saturated carbocycles. The van der Waals surface area contributed by atoms with Crippen molar-refractivity contribution in [2.75, 3.05) is 13.2 Å². The minimum Gasteiger partial charge on any atom is -0.482 e. The van der Waals surface area contributed by atoms with Crippen LogP contribution in [0.2, 0.25) is 5.02 Å². The summed E-state index contributed by atoms with van der Waals surface area (Å²) in [5.41, 5.74) is 0.975. The average molecular weight is 348 g/mol. The molecule has 1 N–H and O–H groups in total. The molecule has 0 heterocycles. The molecule has 2 rings (SSSR count). The van der Waals surface area contributed by atoms with Crippen LogP contribution < -0.4 is 10.1 Å². The third kappa shape index (κ3) is 5.93. The predicted octanol–water partition coefficient (Wildman–Crippen LogP) is 3.14. The summed E-state index contributed by atoms with van der Waals surface area (Å²) in [4.78, 5) is 23.4. The molecule has 0 fully saturated rings. The van der Waals surface area contributed by atoms with Crippen LogP contribution in [0.25, 0.3) is 0 Å². The quantitative estimate of drug-likeness (QED) is 0.781. The normalized spacial score (nSPS) is 11.4. The highest BCUT2D eigenvalue weighted by atomic mass is 35.5. The van der Waals surface area contributed by atoms with Gasteiger partial charge in [-0.05, 0) is 36.8 Å². The van der Waals surface area contributed by atoms with Gasteiger partial charge in [0.25, 0.3) is 5.91 Å². The number of hydrogen-bond donors (Lipinski definition) is 1. The van der Waals surface area contributed by atoms with Crippen LogP contribution >= 0.6 is 11.6 Å². The maximum Gasteiger partial charge on any atom is 0.344 e. The summed E-state index contributed by atoms with van der Waals surface area (Å²) in [7, 11) is 0. The lowest BCUT2D eigenvalue weighted by Gasteiger charge is -2.14. The molecule has 0 unspecified atom stereocenters. The second kappa shape index (κ2) is 8.93. The van der Waals surface area contributed by atoms with E-state index in [9.17, 15) is 9.59 Å². The largest absolute Gasteiger partial charge is 0.482 e. The second-order valence-corrected chi connectivity index (χ2v) is 5.54. The zero-order valence-electron chi connectivity index (χ0n) is 13.2. The molecule has 24 heavy (non-hydrogen) atoms. The average Bonchev–Trinajstić information content (AvgIpc) is 2.60. The summed E-state index contributed by atoms with van der Waals surface area (Å²) in [5, 5.41) is 3.34. The molecule has 0 bridgehead atoms. The molecule has 6 heteroatoms. The fraction of sp³-hybridized carbons (Fsp3) is 0.222. The van der Waals surface area contributed by atoms with E-state index in [1.807, 2.05) is 37.3 Å². The van der Waals surface area contributed by atoms with Crippen molar-refractivity contribution in [3.63, 3.8) is 0 Å². The Hall–Kier alpha value is -2.53. The van der Waals surface area contributed by atoms with Gasteiger partial charge in [0.05, 0.1) is 6.04 Å². The van der Waals surface area contributed by atoms with Gasteiger partial charge in [0.2, 0.25) is 0 Å². The summed E-state index contributed by atoms with van der Waals surface area (Å²) < 4.78 is 10.1. The van der Waals surface area contributed by atoms with Gasteiger partial charge in [0, 0.05) is 5.02 Å². The maximum atomic E-state index is 11.8. The first kappa shape index (κ1) is 17.8. The number of ether oxygens (including phenoxy) is 2. The summed E-state index contributed by atoms with van der Waals surface area (Å²) in [6.07, 6.45) is 0. The number of hydrogen-bond acceptors (Lipinski definition) is 4. The summed E-state index contributed by atoms with van der Waals surface area (Å²) in [6, 6.07) is 15.9. The zero-order chi connectivity index (χ0) is 17.4. The van der Waals surface area contributed by atoms with Gasteiger partial charge in [-0.15, -0.1) is 0 Å². The minimum atomic E-state index is -0.618. The van der Waals surface area contributed by atoms with Gasteiger partial charge in [0.15, 0.2) is 13.2 Å². The fourth-order valence-corrected chi connectivity index (χ4v) is 2.09. The number of carbonyl (C=O) groups is 2. The van der Waals surface area contributed by atoms with Gasteiger partial charge in [-0.25, -0.2) is 4.79 Å². The van der Waals surface area contributed by atoms with Crippen LogP contribution in [0.1, 0.15) is 18.5 Å². The van der Waals surface area contributed by atoms with Gasteiger partial charge in [0.1, 0.15) is 5.75 Å². The SMILES string of the molecule is C[C@H](NC(=O)COC(=O)COc1ccc(Cl)cc1)c1ccccc1. The third-order valence-corrected chi connectivity index (χ3v) is 3.46. The smallest absolute Gasteiger partial charge is 0.344 e. The molecule has 1 amide bonds. The van der Waals surface area contributed by atoms with E-state index >= 15 is 0 Å². The van der Waals surface area contributed by atoms with Crippen LogP contribution in [0, 0.1) is 0 Å². The highest BCUT2D eigenvalue weighted by Gasteiger charge is 2.12. The number of amides is 1. The number of halogens is 1. The zero-order valence-corrected chi connectivity index (χ0v) is 14.0. The summed E-state index contributed by atoms with van der Waals surface area (Å²) >= 11 is 5.75. The van der Waals surface area contributed by atoms with Gasteiger partial charge >= 0.3 is 5.97 Å². The van der Waals surface area contributed by atoms with E-state index in [4.69, 9.17) is 21.1 Å². The predicted molar refractivity (Wildman–Crippen MR) is 90.9 cm³/mol. The van der Waals surface area contributed by atoms with E-state index in [0.717, 1.165) is 5.56 Å². The Labute approximate surface area is 145 Å². The molecule has 2 aromatic carbocycles. The number of esters is 1. The first-order valence-corrected chi connectivity index (χ1v) is 7.80. The number of rotatable bonds is 7. The summed E-state index contributed by atoms with van der Waals surface area (Å²) in [5.74, 6) is -0.489. The molecule has 0 radical (unpaired) electrons. The van der Waals surface area contributed by atoms with E-state index in [2.05, 4.69) is 5.32 Å². The number of carbonyl (C=O) groups excluding carboxylic acids is 2. The van der Waals surface area contributed by atoms with E-state index in [1.165, 1.54) is 0 Å². The Morgan fingerprint density at radius 1 is 1.04 bits per heavy atom. The Morgan fingerprint density at radius 2 is 1.71 bits per heavy atom. The van der Waals surface area contributed by atoms with Gasteiger partial charge < -0.3 is 14.8 Å². The Morgan fingerprint density at radius 3 is 2.38 bits per heavy atom. The fourth-order valence-electron chi connectivity index (χ4n) is 1.97.